The molecule has 1 atom stereocenters. The highest BCUT2D eigenvalue weighted by Gasteiger charge is 2.13. The first-order valence-corrected chi connectivity index (χ1v) is 10.1. The molecule has 1 rings (SSSR count). The lowest BCUT2D eigenvalue weighted by Gasteiger charge is -2.19. The zero-order valence-corrected chi connectivity index (χ0v) is 15.9. The van der Waals surface area contributed by atoms with Crippen LogP contribution in [0, 0.1) is 0 Å². The Kier molecular flexibility index (Phi) is 11.1. The molecule has 0 bridgehead atoms. The zero-order valence-electron chi connectivity index (χ0n) is 15.9. The van der Waals surface area contributed by atoms with Gasteiger partial charge in [0.05, 0.1) is 0 Å². The number of benzene rings is 1. The molecule has 1 heteroatoms. The molecule has 0 saturated carbocycles. The van der Waals surface area contributed by atoms with Crippen LogP contribution in [0.25, 0.3) is 0 Å². The lowest BCUT2D eigenvalue weighted by atomic mass is 9.89. The Morgan fingerprint density at radius 3 is 2.09 bits per heavy atom. The van der Waals surface area contributed by atoms with Crippen LogP contribution in [0.1, 0.15) is 108 Å². The molecule has 0 aliphatic heterocycles. The van der Waals surface area contributed by atoms with Crippen LogP contribution in [0.15, 0.2) is 18.2 Å². The number of rotatable bonds is 13. The summed E-state index contributed by atoms with van der Waals surface area (Å²) in [4.78, 5) is 0. The third-order valence-corrected chi connectivity index (χ3v) is 4.85. The van der Waals surface area contributed by atoms with E-state index >= 15 is 0 Å². The molecule has 0 aliphatic rings. The Balaban J connectivity index is 2.51. The molecule has 2 N–H and O–H groups in total. The van der Waals surface area contributed by atoms with E-state index in [9.17, 15) is 0 Å². The summed E-state index contributed by atoms with van der Waals surface area (Å²) in [5.41, 5.74) is 11.1. The van der Waals surface area contributed by atoms with E-state index < -0.39 is 0 Å². The standard InChI is InChI=1S/C22H39N/c1-4-7-8-9-10-11-12-18-22(23)21-17-13-16-19(14-5-2)20(21)15-6-3/h13,16-17,22H,4-12,14-15,18,23H2,1-3H3. The van der Waals surface area contributed by atoms with E-state index in [1.165, 1.54) is 81.8 Å². The van der Waals surface area contributed by atoms with Crippen molar-refractivity contribution in [3.05, 3.63) is 34.9 Å². The average Bonchev–Trinajstić information content (AvgIpc) is 2.56. The summed E-state index contributed by atoms with van der Waals surface area (Å²) in [6.45, 7) is 6.81. The first-order valence-electron chi connectivity index (χ1n) is 10.1. The Morgan fingerprint density at radius 1 is 0.783 bits per heavy atom. The van der Waals surface area contributed by atoms with E-state index in [4.69, 9.17) is 5.73 Å². The minimum absolute atomic E-state index is 0.226. The van der Waals surface area contributed by atoms with Crippen LogP contribution in [0.5, 0.6) is 0 Å². The van der Waals surface area contributed by atoms with E-state index in [1.807, 2.05) is 0 Å². The van der Waals surface area contributed by atoms with Gasteiger partial charge >= 0.3 is 0 Å². The zero-order chi connectivity index (χ0) is 16.9. The van der Waals surface area contributed by atoms with Crippen molar-refractivity contribution >= 4 is 0 Å². The van der Waals surface area contributed by atoms with Gasteiger partial charge in [0, 0.05) is 6.04 Å². The predicted octanol–water partition coefficient (Wildman–Crippen LogP) is 6.73. The van der Waals surface area contributed by atoms with Crippen LogP contribution in [0.3, 0.4) is 0 Å². The number of hydrogen-bond acceptors (Lipinski definition) is 1. The molecule has 1 unspecified atom stereocenters. The van der Waals surface area contributed by atoms with Crippen LogP contribution in [-0.4, -0.2) is 0 Å². The Labute approximate surface area is 145 Å². The highest BCUT2D eigenvalue weighted by atomic mass is 14.6. The second-order valence-corrected chi connectivity index (χ2v) is 7.00. The minimum Gasteiger partial charge on any atom is -0.324 e. The largest absolute Gasteiger partial charge is 0.324 e. The van der Waals surface area contributed by atoms with Crippen molar-refractivity contribution in [1.29, 1.82) is 0 Å². The van der Waals surface area contributed by atoms with Crippen molar-refractivity contribution in [1.82, 2.24) is 0 Å². The first-order chi connectivity index (χ1) is 11.2. The summed E-state index contributed by atoms with van der Waals surface area (Å²) in [5, 5.41) is 0. The molecule has 0 heterocycles. The molecule has 0 spiro atoms. The second kappa shape index (κ2) is 12.6. The summed E-state index contributed by atoms with van der Waals surface area (Å²) >= 11 is 0. The molecule has 0 aromatic heterocycles. The van der Waals surface area contributed by atoms with Crippen molar-refractivity contribution in [3.8, 4) is 0 Å². The quantitative estimate of drug-likeness (QED) is 0.401. The summed E-state index contributed by atoms with van der Waals surface area (Å²) in [5.74, 6) is 0. The highest BCUT2D eigenvalue weighted by Crippen LogP contribution is 2.26. The van der Waals surface area contributed by atoms with Crippen LogP contribution < -0.4 is 5.73 Å². The summed E-state index contributed by atoms with van der Waals surface area (Å²) in [6.07, 6.45) is 15.5. The van der Waals surface area contributed by atoms with Gasteiger partial charge in [-0.2, -0.15) is 0 Å². The number of aryl methyl sites for hydroxylation is 1. The maximum Gasteiger partial charge on any atom is 0.0297 e. The second-order valence-electron chi connectivity index (χ2n) is 7.00. The van der Waals surface area contributed by atoms with Crippen LogP contribution >= 0.6 is 0 Å². The first kappa shape index (κ1) is 20.2. The van der Waals surface area contributed by atoms with Gasteiger partial charge in [-0.15, -0.1) is 0 Å². The van der Waals surface area contributed by atoms with Gasteiger partial charge in [0.1, 0.15) is 0 Å². The van der Waals surface area contributed by atoms with Gasteiger partial charge in [-0.05, 0) is 36.0 Å². The Hall–Kier alpha value is -0.820. The third-order valence-electron chi connectivity index (χ3n) is 4.85. The van der Waals surface area contributed by atoms with E-state index in [2.05, 4.69) is 39.0 Å². The van der Waals surface area contributed by atoms with Gasteiger partial charge in [0.25, 0.3) is 0 Å². The normalized spacial score (nSPS) is 12.5. The number of hydrogen-bond donors (Lipinski definition) is 1. The fourth-order valence-corrected chi connectivity index (χ4v) is 3.54. The van der Waals surface area contributed by atoms with E-state index in [0.29, 0.717) is 0 Å². The molecule has 0 radical (unpaired) electrons. The molecule has 0 fully saturated rings. The number of nitrogens with two attached hydrogens (primary N) is 1. The summed E-state index contributed by atoms with van der Waals surface area (Å²) in [6, 6.07) is 7.02. The van der Waals surface area contributed by atoms with Gasteiger partial charge in [-0.3, -0.25) is 0 Å². The smallest absolute Gasteiger partial charge is 0.0297 e. The van der Waals surface area contributed by atoms with Crippen molar-refractivity contribution in [2.75, 3.05) is 0 Å². The minimum atomic E-state index is 0.226. The lowest BCUT2D eigenvalue weighted by Crippen LogP contribution is -2.14. The molecule has 1 aromatic carbocycles. The summed E-state index contributed by atoms with van der Waals surface area (Å²) in [7, 11) is 0. The fraction of sp³-hybridized carbons (Fsp3) is 0.727. The molecule has 1 nitrogen and oxygen atoms in total. The predicted molar refractivity (Wildman–Crippen MR) is 104 cm³/mol. The van der Waals surface area contributed by atoms with Crippen LogP contribution in [0.4, 0.5) is 0 Å². The lowest BCUT2D eigenvalue weighted by molar-refractivity contribution is 0.538. The van der Waals surface area contributed by atoms with Gasteiger partial charge < -0.3 is 5.73 Å². The highest BCUT2D eigenvalue weighted by molar-refractivity contribution is 5.37. The average molecular weight is 318 g/mol. The molecule has 0 saturated heterocycles. The van der Waals surface area contributed by atoms with Gasteiger partial charge in [0.15, 0.2) is 0 Å². The third kappa shape index (κ3) is 7.52. The Morgan fingerprint density at radius 2 is 1.43 bits per heavy atom. The summed E-state index contributed by atoms with van der Waals surface area (Å²) < 4.78 is 0. The topological polar surface area (TPSA) is 26.0 Å². The van der Waals surface area contributed by atoms with Gasteiger partial charge in [-0.1, -0.05) is 96.8 Å². The molecule has 0 aliphatic carbocycles. The van der Waals surface area contributed by atoms with E-state index in [0.717, 1.165) is 6.42 Å². The molecular formula is C22H39N. The Bertz CT molecular complexity index is 410. The SMILES string of the molecule is CCCCCCCCCC(N)c1cccc(CCC)c1CCC. The molecular weight excluding hydrogens is 278 g/mol. The maximum atomic E-state index is 6.55. The van der Waals surface area contributed by atoms with Crippen molar-refractivity contribution < 1.29 is 0 Å². The molecule has 1 aromatic rings. The van der Waals surface area contributed by atoms with Crippen molar-refractivity contribution in [3.63, 3.8) is 0 Å². The van der Waals surface area contributed by atoms with E-state index in [1.54, 1.807) is 5.56 Å². The monoisotopic (exact) mass is 317 g/mol. The number of unbranched alkanes of at least 4 members (excludes halogenated alkanes) is 6. The van der Waals surface area contributed by atoms with Crippen LogP contribution in [-0.2, 0) is 12.8 Å². The van der Waals surface area contributed by atoms with Crippen LogP contribution in [0.2, 0.25) is 0 Å². The van der Waals surface area contributed by atoms with Crippen molar-refractivity contribution in [2.45, 2.75) is 104 Å². The molecule has 23 heavy (non-hydrogen) atoms. The van der Waals surface area contributed by atoms with Gasteiger partial charge in [0.2, 0.25) is 0 Å². The fourth-order valence-electron chi connectivity index (χ4n) is 3.54. The van der Waals surface area contributed by atoms with Gasteiger partial charge in [-0.25, -0.2) is 0 Å². The van der Waals surface area contributed by atoms with E-state index in [-0.39, 0.29) is 6.04 Å². The molecule has 0 amide bonds. The molecule has 132 valence electrons. The van der Waals surface area contributed by atoms with Crippen molar-refractivity contribution in [2.24, 2.45) is 5.73 Å². The maximum absolute atomic E-state index is 6.55.